The number of rotatable bonds is 6. The zero-order chi connectivity index (χ0) is 17.5. The molecule has 126 valence electrons. The van der Waals surface area contributed by atoms with E-state index < -0.39 is 0 Å². The molecule has 0 saturated heterocycles. The quantitative estimate of drug-likeness (QED) is 0.356. The average molecular weight is 349 g/mol. The van der Waals surface area contributed by atoms with Crippen LogP contribution in [0.2, 0.25) is 0 Å². The first kappa shape index (κ1) is 17.3. The highest BCUT2D eigenvalue weighted by atomic mass is 32.2. The van der Waals surface area contributed by atoms with Crippen LogP contribution >= 0.6 is 0 Å². The molecule has 0 atom stereocenters. The number of esters is 1. The van der Waals surface area contributed by atoms with Gasteiger partial charge >= 0.3 is 5.97 Å². The van der Waals surface area contributed by atoms with Gasteiger partial charge in [-0.2, -0.15) is 0 Å². The molecule has 3 aromatic rings. The highest BCUT2D eigenvalue weighted by molar-refractivity contribution is 7.95. The summed E-state index contributed by atoms with van der Waals surface area (Å²) in [5.74, 6) is 2.31. The summed E-state index contributed by atoms with van der Waals surface area (Å²) >= 11 is 0. The van der Waals surface area contributed by atoms with Gasteiger partial charge in [-0.05, 0) is 24.3 Å². The van der Waals surface area contributed by atoms with Crippen molar-refractivity contribution in [2.75, 3.05) is 0 Å². The molecule has 0 N–H and O–H groups in total. The Labute approximate surface area is 151 Å². The number of hydrogen-bond donors (Lipinski definition) is 0. The van der Waals surface area contributed by atoms with E-state index >= 15 is 0 Å². The molecule has 0 unspecified atom stereocenters. The van der Waals surface area contributed by atoms with Gasteiger partial charge in [0.15, 0.2) is 4.90 Å². The van der Waals surface area contributed by atoms with Gasteiger partial charge in [-0.3, -0.25) is 4.79 Å². The van der Waals surface area contributed by atoms with Crippen molar-refractivity contribution in [1.29, 1.82) is 0 Å². The summed E-state index contributed by atoms with van der Waals surface area (Å²) in [6.07, 6.45) is 0. The molecule has 0 amide bonds. The number of carbonyl (C=O) groups excluding carboxylic acids is 1. The zero-order valence-corrected chi connectivity index (χ0v) is 15.0. The number of benzene rings is 3. The van der Waals surface area contributed by atoms with Crippen LogP contribution in [-0.4, -0.2) is 5.97 Å². The molecule has 2 nitrogen and oxygen atoms in total. The molecule has 0 aliphatic rings. The third kappa shape index (κ3) is 5.23. The fraction of sp³-hybridized carbons (Fsp3) is 0.136. The molecule has 0 fully saturated rings. The number of carbonyl (C=O) groups is 1. The zero-order valence-electron chi connectivity index (χ0n) is 14.2. The molecule has 0 bridgehead atoms. The average Bonchev–Trinajstić information content (AvgIpc) is 2.63. The molecule has 0 radical (unpaired) electrons. The van der Waals surface area contributed by atoms with Gasteiger partial charge in [0.25, 0.3) is 0 Å². The van der Waals surface area contributed by atoms with Crippen LogP contribution in [0.3, 0.4) is 0 Å². The van der Waals surface area contributed by atoms with Crippen molar-refractivity contribution in [3.63, 3.8) is 0 Å². The molecule has 0 aromatic heterocycles. The van der Waals surface area contributed by atoms with Gasteiger partial charge in [0.2, 0.25) is 0 Å². The Kier molecular flexibility index (Phi) is 5.91. The Hall–Kier alpha value is -2.52. The van der Waals surface area contributed by atoms with Gasteiger partial charge in [0, 0.05) is 28.9 Å². The minimum absolute atomic E-state index is 0.0487. The van der Waals surface area contributed by atoms with E-state index in [0.29, 0.717) is 5.75 Å². The van der Waals surface area contributed by atoms with E-state index in [1.807, 2.05) is 24.3 Å². The molecule has 3 rings (SSSR count). The Bertz CT molecular complexity index is 757. The lowest BCUT2D eigenvalue weighted by atomic mass is 10.2. The van der Waals surface area contributed by atoms with Crippen LogP contribution in [0.15, 0.2) is 89.8 Å². The first-order valence-electron chi connectivity index (χ1n) is 8.24. The third-order valence-electron chi connectivity index (χ3n) is 3.79. The predicted octanol–water partition coefficient (Wildman–Crippen LogP) is 4.99. The summed E-state index contributed by atoms with van der Waals surface area (Å²) in [4.78, 5) is 12.4. The highest BCUT2D eigenvalue weighted by Crippen LogP contribution is 2.25. The van der Waals surface area contributed by atoms with Crippen molar-refractivity contribution in [3.05, 3.63) is 96.1 Å². The molecule has 0 aliphatic carbocycles. The maximum absolute atomic E-state index is 11.1. The minimum atomic E-state index is -0.291. The predicted molar refractivity (Wildman–Crippen MR) is 104 cm³/mol. The molecule has 0 spiro atoms. The lowest BCUT2D eigenvalue weighted by Gasteiger charge is -2.10. The van der Waals surface area contributed by atoms with Crippen LogP contribution in [0.25, 0.3) is 0 Å². The lowest BCUT2D eigenvalue weighted by Crippen LogP contribution is -2.10. The highest BCUT2D eigenvalue weighted by Gasteiger charge is 2.23. The Morgan fingerprint density at radius 1 is 0.760 bits per heavy atom. The number of ether oxygens (including phenoxy) is 1. The summed E-state index contributed by atoms with van der Waals surface area (Å²) in [5.41, 5.74) is 2.68. The third-order valence-corrected chi connectivity index (χ3v) is 6.09. The van der Waals surface area contributed by atoms with E-state index in [-0.39, 0.29) is 16.9 Å². The van der Waals surface area contributed by atoms with Crippen LogP contribution < -0.4 is 4.74 Å². The maximum atomic E-state index is 11.1. The standard InChI is InChI=1S/C22H21O2S/c1-18(23)24-21-12-14-22(15-13-21)25(16-19-8-4-2-5-9-19)17-20-10-6-3-7-11-20/h2-15H,16-17H2,1H3/q+1. The molecule has 3 heteroatoms. The van der Waals surface area contributed by atoms with Crippen molar-refractivity contribution >= 4 is 16.9 Å². The Morgan fingerprint density at radius 2 is 1.24 bits per heavy atom. The maximum Gasteiger partial charge on any atom is 0.308 e. The Morgan fingerprint density at radius 3 is 1.68 bits per heavy atom. The van der Waals surface area contributed by atoms with Crippen LogP contribution in [0.4, 0.5) is 0 Å². The molecule has 3 aromatic carbocycles. The van der Waals surface area contributed by atoms with Gasteiger partial charge in [-0.25, -0.2) is 0 Å². The topological polar surface area (TPSA) is 26.3 Å². The Balaban J connectivity index is 1.83. The van der Waals surface area contributed by atoms with Crippen LogP contribution in [0.1, 0.15) is 18.1 Å². The largest absolute Gasteiger partial charge is 0.427 e. The summed E-state index contributed by atoms with van der Waals surface area (Å²) < 4.78 is 5.15. The van der Waals surface area contributed by atoms with Gasteiger partial charge in [0.1, 0.15) is 17.3 Å². The van der Waals surface area contributed by atoms with E-state index in [1.54, 1.807) is 0 Å². The molecule has 0 heterocycles. The summed E-state index contributed by atoms with van der Waals surface area (Å²) in [6.45, 7) is 1.42. The molecular weight excluding hydrogens is 328 g/mol. The smallest absolute Gasteiger partial charge is 0.308 e. The van der Waals surface area contributed by atoms with E-state index in [1.165, 1.54) is 22.9 Å². The van der Waals surface area contributed by atoms with E-state index in [0.717, 1.165) is 11.5 Å². The van der Waals surface area contributed by atoms with E-state index in [2.05, 4.69) is 60.7 Å². The molecule has 25 heavy (non-hydrogen) atoms. The van der Waals surface area contributed by atoms with Gasteiger partial charge < -0.3 is 4.74 Å². The number of hydrogen-bond acceptors (Lipinski definition) is 2. The summed E-state index contributed by atoms with van der Waals surface area (Å²) in [6, 6.07) is 29.1. The second-order valence-corrected chi connectivity index (χ2v) is 7.85. The summed E-state index contributed by atoms with van der Waals surface area (Å²) in [7, 11) is 0.0487. The van der Waals surface area contributed by atoms with Crippen molar-refractivity contribution in [2.24, 2.45) is 0 Å². The normalized spacial score (nSPS) is 10.6. The van der Waals surface area contributed by atoms with Crippen LogP contribution in [0, 0.1) is 0 Å². The fourth-order valence-electron chi connectivity index (χ4n) is 2.63. The second-order valence-electron chi connectivity index (χ2n) is 5.82. The first-order valence-corrected chi connectivity index (χ1v) is 9.81. The minimum Gasteiger partial charge on any atom is -0.427 e. The molecule has 0 saturated carbocycles. The van der Waals surface area contributed by atoms with Gasteiger partial charge in [-0.15, -0.1) is 0 Å². The van der Waals surface area contributed by atoms with Crippen molar-refractivity contribution in [3.8, 4) is 5.75 Å². The molecular formula is C22H21O2S+. The van der Waals surface area contributed by atoms with Crippen molar-refractivity contribution in [1.82, 2.24) is 0 Å². The van der Waals surface area contributed by atoms with Crippen LogP contribution in [-0.2, 0) is 27.2 Å². The van der Waals surface area contributed by atoms with Gasteiger partial charge in [0.05, 0.1) is 0 Å². The SMILES string of the molecule is CC(=O)Oc1ccc([S+](Cc2ccccc2)Cc2ccccc2)cc1. The van der Waals surface area contributed by atoms with E-state index in [4.69, 9.17) is 4.74 Å². The lowest BCUT2D eigenvalue weighted by molar-refractivity contribution is -0.131. The van der Waals surface area contributed by atoms with Gasteiger partial charge in [-0.1, -0.05) is 60.7 Å². The van der Waals surface area contributed by atoms with E-state index in [9.17, 15) is 4.79 Å². The van der Waals surface area contributed by atoms with Crippen LogP contribution in [0.5, 0.6) is 5.75 Å². The second kappa shape index (κ2) is 8.54. The first-order chi connectivity index (χ1) is 12.2. The summed E-state index contributed by atoms with van der Waals surface area (Å²) in [5, 5.41) is 0. The molecule has 0 aliphatic heterocycles. The van der Waals surface area contributed by atoms with Crippen molar-refractivity contribution < 1.29 is 9.53 Å². The van der Waals surface area contributed by atoms with Crippen molar-refractivity contribution in [2.45, 2.75) is 23.3 Å². The fourth-order valence-corrected chi connectivity index (χ4v) is 4.78. The monoisotopic (exact) mass is 349 g/mol.